The Morgan fingerprint density at radius 1 is 1.21 bits per heavy atom. The summed E-state index contributed by atoms with van der Waals surface area (Å²) in [5.41, 5.74) is 5.16. The topological polar surface area (TPSA) is 80.8 Å². The molecule has 1 N–H and O–H groups in total. The van der Waals surface area contributed by atoms with Gasteiger partial charge in [0, 0.05) is 31.5 Å². The van der Waals surface area contributed by atoms with Crippen LogP contribution in [0.1, 0.15) is 27.9 Å². The second kappa shape index (κ2) is 10.5. The number of amides is 2. The Morgan fingerprint density at radius 3 is 2.79 bits per heavy atom. The lowest BCUT2D eigenvalue weighted by atomic mass is 9.95. The van der Waals surface area contributed by atoms with Crippen LogP contribution in [0.3, 0.4) is 0 Å². The van der Waals surface area contributed by atoms with Crippen LogP contribution in [0.4, 0.5) is 0 Å². The third-order valence-electron chi connectivity index (χ3n) is 5.78. The molecule has 1 aromatic carbocycles. The molecule has 0 spiro atoms. The van der Waals surface area contributed by atoms with Gasteiger partial charge in [-0.1, -0.05) is 12.1 Å². The van der Waals surface area contributed by atoms with Crippen molar-refractivity contribution in [3.63, 3.8) is 0 Å². The molecule has 0 atom stereocenters. The highest BCUT2D eigenvalue weighted by Crippen LogP contribution is 2.27. The third-order valence-corrected chi connectivity index (χ3v) is 6.51. The normalized spacial score (nSPS) is 12.7. The first-order valence-electron chi connectivity index (χ1n) is 10.8. The van der Waals surface area contributed by atoms with Crippen molar-refractivity contribution in [1.82, 2.24) is 15.2 Å². The van der Waals surface area contributed by atoms with Crippen molar-refractivity contribution in [3.8, 4) is 11.5 Å². The average molecular weight is 466 g/mol. The summed E-state index contributed by atoms with van der Waals surface area (Å²) in [6, 6.07) is 9.24. The van der Waals surface area contributed by atoms with Crippen molar-refractivity contribution in [2.45, 2.75) is 32.9 Å². The summed E-state index contributed by atoms with van der Waals surface area (Å²) in [5.74, 6) is 1.05. The number of rotatable bonds is 8. The molecule has 2 aromatic heterocycles. The van der Waals surface area contributed by atoms with Crippen molar-refractivity contribution in [2.75, 3.05) is 20.3 Å². The van der Waals surface area contributed by atoms with E-state index in [2.05, 4.69) is 10.3 Å². The molecule has 172 valence electrons. The van der Waals surface area contributed by atoms with Crippen molar-refractivity contribution >= 4 is 23.2 Å². The quantitative estimate of drug-likeness (QED) is 0.552. The fraction of sp³-hybridized carbons (Fsp3) is 0.320. The van der Waals surface area contributed by atoms with Crippen molar-refractivity contribution in [1.29, 1.82) is 0 Å². The minimum absolute atomic E-state index is 0.00787. The fourth-order valence-corrected chi connectivity index (χ4v) is 4.63. The second-order valence-electron chi connectivity index (χ2n) is 7.92. The van der Waals surface area contributed by atoms with Crippen LogP contribution in [0.15, 0.2) is 47.3 Å². The molecule has 7 nitrogen and oxygen atoms in total. The van der Waals surface area contributed by atoms with Crippen LogP contribution in [0, 0.1) is 6.92 Å². The molecule has 0 unspecified atom stereocenters. The minimum Gasteiger partial charge on any atom is -0.493 e. The summed E-state index contributed by atoms with van der Waals surface area (Å²) in [4.78, 5) is 31.4. The van der Waals surface area contributed by atoms with E-state index in [1.807, 2.05) is 42.1 Å². The molecule has 0 fully saturated rings. The van der Waals surface area contributed by atoms with Gasteiger partial charge in [0.15, 0.2) is 18.1 Å². The number of benzene rings is 1. The van der Waals surface area contributed by atoms with Crippen LogP contribution < -0.4 is 14.8 Å². The number of nitrogens with zero attached hydrogens (tertiary/aromatic N) is 2. The van der Waals surface area contributed by atoms with Gasteiger partial charge < -0.3 is 19.7 Å². The molecule has 3 heterocycles. The van der Waals surface area contributed by atoms with Gasteiger partial charge in [-0.2, -0.15) is 11.3 Å². The van der Waals surface area contributed by atoms with Gasteiger partial charge in [-0.3, -0.25) is 14.6 Å². The Balaban J connectivity index is 1.37. The molecule has 1 aliphatic heterocycles. The third kappa shape index (κ3) is 5.51. The molecular weight excluding hydrogens is 438 g/mol. The van der Waals surface area contributed by atoms with E-state index in [1.165, 1.54) is 5.56 Å². The lowest BCUT2D eigenvalue weighted by molar-refractivity contribution is -0.134. The number of nitrogens with one attached hydrogen (secondary N) is 1. The maximum absolute atomic E-state index is 12.8. The highest BCUT2D eigenvalue weighted by Gasteiger charge is 2.24. The number of methoxy groups -OCH3 is 1. The van der Waals surface area contributed by atoms with Gasteiger partial charge in [0.25, 0.3) is 5.91 Å². The maximum atomic E-state index is 12.8. The van der Waals surface area contributed by atoms with Gasteiger partial charge in [-0.25, -0.2) is 0 Å². The molecule has 1 aliphatic rings. The molecule has 0 radical (unpaired) electrons. The molecule has 0 saturated heterocycles. The number of para-hydroxylation sites is 2. The number of thiophene rings is 1. The van der Waals surface area contributed by atoms with Crippen LogP contribution in [0.2, 0.25) is 0 Å². The zero-order valence-corrected chi connectivity index (χ0v) is 19.6. The Bertz CT molecular complexity index is 1130. The molecule has 0 bridgehead atoms. The van der Waals surface area contributed by atoms with Crippen molar-refractivity contribution in [2.24, 2.45) is 0 Å². The average Bonchev–Trinajstić information content (AvgIpc) is 3.34. The predicted molar refractivity (Wildman–Crippen MR) is 126 cm³/mol. The summed E-state index contributed by atoms with van der Waals surface area (Å²) in [7, 11) is 1.57. The molecule has 0 aliphatic carbocycles. The summed E-state index contributed by atoms with van der Waals surface area (Å²) in [6.45, 7) is 3.42. The second-order valence-corrected chi connectivity index (χ2v) is 8.70. The van der Waals surface area contributed by atoms with Gasteiger partial charge in [0.05, 0.1) is 13.5 Å². The summed E-state index contributed by atoms with van der Waals surface area (Å²) in [6.07, 6.45) is 2.93. The van der Waals surface area contributed by atoms with E-state index >= 15 is 0 Å². The molecule has 2 amide bonds. The lowest BCUT2D eigenvalue weighted by Crippen LogP contribution is -2.39. The number of fused-ring (bicyclic) bond motifs is 1. The number of ether oxygens (including phenoxy) is 2. The largest absolute Gasteiger partial charge is 0.493 e. The standard InChI is InChI=1S/C25H27N3O4S/c1-17-21(13-27-24(29)11-18-8-10-33-16-18)20-7-9-28(14-19(20)12-26-17)25(30)15-32-23-6-4-3-5-22(23)31-2/h3-6,8,10,12,16H,7,9,11,13-15H2,1-2H3,(H,27,29). The summed E-state index contributed by atoms with van der Waals surface area (Å²) in [5, 5.41) is 6.98. The minimum atomic E-state index is -0.0854. The van der Waals surface area contributed by atoms with E-state index in [1.54, 1.807) is 35.5 Å². The fourth-order valence-electron chi connectivity index (χ4n) is 3.97. The predicted octanol–water partition coefficient (Wildman–Crippen LogP) is 3.28. The molecule has 8 heteroatoms. The highest BCUT2D eigenvalue weighted by atomic mass is 32.1. The van der Waals surface area contributed by atoms with Gasteiger partial charge in [-0.05, 0) is 64.6 Å². The van der Waals surface area contributed by atoms with E-state index in [0.29, 0.717) is 37.6 Å². The van der Waals surface area contributed by atoms with Gasteiger partial charge in [0.1, 0.15) is 0 Å². The van der Waals surface area contributed by atoms with Crippen LogP contribution >= 0.6 is 11.3 Å². The Hall–Kier alpha value is -3.39. The maximum Gasteiger partial charge on any atom is 0.260 e. The smallest absolute Gasteiger partial charge is 0.260 e. The SMILES string of the molecule is COc1ccccc1OCC(=O)N1CCc2c(cnc(C)c2CNC(=O)Cc2ccsc2)C1. The Kier molecular flexibility index (Phi) is 7.24. The monoisotopic (exact) mass is 465 g/mol. The zero-order valence-electron chi connectivity index (χ0n) is 18.8. The van der Waals surface area contributed by atoms with Crippen LogP contribution in [-0.2, 0) is 35.5 Å². The number of carbonyl (C=O) groups is 2. The Morgan fingerprint density at radius 2 is 2.03 bits per heavy atom. The number of pyridine rings is 1. The molecule has 4 rings (SSSR count). The first-order chi connectivity index (χ1) is 16.0. The zero-order chi connectivity index (χ0) is 23.2. The number of hydrogen-bond acceptors (Lipinski definition) is 6. The van der Waals surface area contributed by atoms with Gasteiger partial charge in [0.2, 0.25) is 5.91 Å². The van der Waals surface area contributed by atoms with E-state index in [-0.39, 0.29) is 18.4 Å². The van der Waals surface area contributed by atoms with Crippen LogP contribution in [0.5, 0.6) is 11.5 Å². The lowest BCUT2D eigenvalue weighted by Gasteiger charge is -2.30. The molecular formula is C25H27N3O4S. The number of hydrogen-bond donors (Lipinski definition) is 1. The Labute approximate surface area is 197 Å². The number of carbonyl (C=O) groups excluding carboxylic acids is 2. The highest BCUT2D eigenvalue weighted by molar-refractivity contribution is 7.08. The molecule has 33 heavy (non-hydrogen) atoms. The molecule has 0 saturated carbocycles. The summed E-state index contributed by atoms with van der Waals surface area (Å²) < 4.78 is 11.0. The van der Waals surface area contributed by atoms with Gasteiger partial charge >= 0.3 is 0 Å². The van der Waals surface area contributed by atoms with E-state index in [9.17, 15) is 9.59 Å². The number of aryl methyl sites for hydroxylation is 1. The first kappa shape index (κ1) is 22.8. The van der Waals surface area contributed by atoms with E-state index in [0.717, 1.165) is 28.8 Å². The van der Waals surface area contributed by atoms with Crippen molar-refractivity contribution in [3.05, 3.63) is 75.2 Å². The van der Waals surface area contributed by atoms with E-state index in [4.69, 9.17) is 9.47 Å². The van der Waals surface area contributed by atoms with Crippen LogP contribution in [-0.4, -0.2) is 42.0 Å². The summed E-state index contributed by atoms with van der Waals surface area (Å²) >= 11 is 1.59. The molecule has 3 aromatic rings. The van der Waals surface area contributed by atoms with Crippen LogP contribution in [0.25, 0.3) is 0 Å². The van der Waals surface area contributed by atoms with Gasteiger partial charge in [-0.15, -0.1) is 0 Å². The van der Waals surface area contributed by atoms with E-state index < -0.39 is 0 Å². The van der Waals surface area contributed by atoms with Crippen molar-refractivity contribution < 1.29 is 19.1 Å². The number of aromatic nitrogens is 1. The first-order valence-corrected chi connectivity index (χ1v) is 11.8.